The number of ether oxygens (including phenoxy) is 1. The standard InChI is InChI=1S/C23H26O3/c1-13-11-12-16(15(3)14(13)2)19-20(24)17-9-7-8-10-18(17)21(19)26-22(25)23(4,5)6/h7-12,19,21H,1-6H3. The fourth-order valence-electron chi connectivity index (χ4n) is 3.50. The highest BCUT2D eigenvalue weighted by Crippen LogP contribution is 2.46. The van der Waals surface area contributed by atoms with Crippen molar-refractivity contribution in [2.45, 2.75) is 53.6 Å². The molecular formula is C23H26O3. The molecule has 136 valence electrons. The monoisotopic (exact) mass is 350 g/mol. The number of carbonyl (C=O) groups is 2. The summed E-state index contributed by atoms with van der Waals surface area (Å²) in [4.78, 5) is 25.8. The van der Waals surface area contributed by atoms with E-state index in [0.29, 0.717) is 5.56 Å². The van der Waals surface area contributed by atoms with Gasteiger partial charge in [0.1, 0.15) is 6.10 Å². The fraction of sp³-hybridized carbons (Fsp3) is 0.391. The third-order valence-electron chi connectivity index (χ3n) is 5.40. The first kappa shape index (κ1) is 18.4. The summed E-state index contributed by atoms with van der Waals surface area (Å²) in [6.07, 6.45) is -0.578. The number of hydrogen-bond acceptors (Lipinski definition) is 3. The molecule has 3 rings (SSSR count). The Morgan fingerprint density at radius 1 is 0.923 bits per heavy atom. The molecule has 2 aromatic carbocycles. The summed E-state index contributed by atoms with van der Waals surface area (Å²) in [5.41, 5.74) is 5.24. The molecule has 0 saturated heterocycles. The van der Waals surface area contributed by atoms with E-state index in [0.717, 1.165) is 16.7 Å². The lowest BCUT2D eigenvalue weighted by Crippen LogP contribution is -2.27. The zero-order valence-corrected chi connectivity index (χ0v) is 16.3. The van der Waals surface area contributed by atoms with Crippen LogP contribution in [0.3, 0.4) is 0 Å². The Bertz CT molecular complexity index is 887. The zero-order valence-electron chi connectivity index (χ0n) is 16.3. The smallest absolute Gasteiger partial charge is 0.311 e. The van der Waals surface area contributed by atoms with Crippen molar-refractivity contribution in [1.29, 1.82) is 0 Å². The number of fused-ring (bicyclic) bond motifs is 1. The van der Waals surface area contributed by atoms with Crippen LogP contribution in [-0.4, -0.2) is 11.8 Å². The number of carbonyl (C=O) groups excluding carboxylic acids is 2. The SMILES string of the molecule is Cc1ccc(C2C(=O)c3ccccc3C2OC(=O)C(C)(C)C)c(C)c1C. The van der Waals surface area contributed by atoms with Gasteiger partial charge in [0.05, 0.1) is 11.3 Å². The molecule has 0 spiro atoms. The van der Waals surface area contributed by atoms with Crippen molar-refractivity contribution in [3.8, 4) is 0 Å². The number of rotatable bonds is 2. The highest BCUT2D eigenvalue weighted by Gasteiger charge is 2.44. The van der Waals surface area contributed by atoms with Gasteiger partial charge in [-0.25, -0.2) is 0 Å². The average molecular weight is 350 g/mol. The summed E-state index contributed by atoms with van der Waals surface area (Å²) in [6, 6.07) is 11.5. The van der Waals surface area contributed by atoms with Crippen molar-refractivity contribution in [2.24, 2.45) is 5.41 Å². The minimum atomic E-state index is -0.622. The van der Waals surface area contributed by atoms with Gasteiger partial charge in [0, 0.05) is 11.1 Å². The maximum atomic E-state index is 13.2. The zero-order chi connectivity index (χ0) is 19.2. The number of hydrogen-bond donors (Lipinski definition) is 0. The van der Waals surface area contributed by atoms with Crippen molar-refractivity contribution < 1.29 is 14.3 Å². The van der Waals surface area contributed by atoms with E-state index in [9.17, 15) is 9.59 Å². The number of Topliss-reactive ketones (excluding diaryl/α,β-unsaturated/α-hetero) is 1. The van der Waals surface area contributed by atoms with Gasteiger partial charge in [0.25, 0.3) is 0 Å². The molecular weight excluding hydrogens is 324 g/mol. The van der Waals surface area contributed by atoms with E-state index in [1.165, 1.54) is 11.1 Å². The summed E-state index contributed by atoms with van der Waals surface area (Å²) in [7, 11) is 0. The molecule has 0 fully saturated rings. The lowest BCUT2D eigenvalue weighted by Gasteiger charge is -2.26. The van der Waals surface area contributed by atoms with E-state index >= 15 is 0 Å². The first-order valence-electron chi connectivity index (χ1n) is 9.04. The van der Waals surface area contributed by atoms with Crippen LogP contribution in [0, 0.1) is 26.2 Å². The molecule has 0 N–H and O–H groups in total. The van der Waals surface area contributed by atoms with E-state index in [1.54, 1.807) is 0 Å². The van der Waals surface area contributed by atoms with Crippen LogP contribution in [0.4, 0.5) is 0 Å². The Labute approximate surface area is 155 Å². The van der Waals surface area contributed by atoms with Crippen LogP contribution in [0.25, 0.3) is 0 Å². The van der Waals surface area contributed by atoms with E-state index in [2.05, 4.69) is 13.8 Å². The average Bonchev–Trinajstić information content (AvgIpc) is 2.85. The molecule has 0 aromatic heterocycles. The molecule has 3 nitrogen and oxygen atoms in total. The van der Waals surface area contributed by atoms with Crippen molar-refractivity contribution in [3.63, 3.8) is 0 Å². The van der Waals surface area contributed by atoms with Gasteiger partial charge in [-0.05, 0) is 63.8 Å². The number of benzene rings is 2. The Balaban J connectivity index is 2.12. The summed E-state index contributed by atoms with van der Waals surface area (Å²) in [5, 5.41) is 0. The summed E-state index contributed by atoms with van der Waals surface area (Å²) in [5.74, 6) is -0.754. The molecule has 1 aliphatic carbocycles. The molecule has 1 aliphatic rings. The molecule has 2 unspecified atom stereocenters. The molecule has 0 saturated carbocycles. The van der Waals surface area contributed by atoms with Crippen LogP contribution in [0.1, 0.15) is 71.0 Å². The molecule has 2 atom stereocenters. The minimum absolute atomic E-state index is 0.0265. The normalized spacial score (nSPS) is 19.4. The number of aryl methyl sites for hydroxylation is 1. The Morgan fingerprint density at radius 3 is 2.23 bits per heavy atom. The largest absolute Gasteiger partial charge is 0.456 e. The molecule has 0 amide bonds. The van der Waals surface area contributed by atoms with Gasteiger partial charge in [-0.1, -0.05) is 36.4 Å². The highest BCUT2D eigenvalue weighted by molar-refractivity contribution is 6.06. The third-order valence-corrected chi connectivity index (χ3v) is 5.40. The Kier molecular flexibility index (Phi) is 4.51. The van der Waals surface area contributed by atoms with E-state index in [4.69, 9.17) is 4.74 Å². The molecule has 3 heteroatoms. The molecule has 26 heavy (non-hydrogen) atoms. The lowest BCUT2D eigenvalue weighted by atomic mass is 9.86. The van der Waals surface area contributed by atoms with Gasteiger partial charge in [0.15, 0.2) is 5.78 Å². The van der Waals surface area contributed by atoms with Gasteiger partial charge in [-0.2, -0.15) is 0 Å². The second kappa shape index (κ2) is 6.39. The van der Waals surface area contributed by atoms with Crippen molar-refractivity contribution in [1.82, 2.24) is 0 Å². The van der Waals surface area contributed by atoms with Gasteiger partial charge < -0.3 is 4.74 Å². The quantitative estimate of drug-likeness (QED) is 0.697. The van der Waals surface area contributed by atoms with Crippen LogP contribution >= 0.6 is 0 Å². The Hall–Kier alpha value is -2.42. The van der Waals surface area contributed by atoms with Crippen LogP contribution in [0.5, 0.6) is 0 Å². The molecule has 0 aliphatic heterocycles. The summed E-state index contributed by atoms with van der Waals surface area (Å²) >= 11 is 0. The molecule has 2 aromatic rings. The van der Waals surface area contributed by atoms with Crippen LogP contribution in [0.15, 0.2) is 36.4 Å². The van der Waals surface area contributed by atoms with Gasteiger partial charge in [-0.15, -0.1) is 0 Å². The highest BCUT2D eigenvalue weighted by atomic mass is 16.5. The van der Waals surface area contributed by atoms with Crippen molar-refractivity contribution >= 4 is 11.8 Å². The Morgan fingerprint density at radius 2 is 1.58 bits per heavy atom. The first-order valence-corrected chi connectivity index (χ1v) is 9.04. The maximum Gasteiger partial charge on any atom is 0.311 e. The number of esters is 1. The summed E-state index contributed by atoms with van der Waals surface area (Å²) in [6.45, 7) is 11.7. The first-order chi connectivity index (χ1) is 12.1. The number of ketones is 1. The van der Waals surface area contributed by atoms with Gasteiger partial charge in [0.2, 0.25) is 0 Å². The van der Waals surface area contributed by atoms with Crippen molar-refractivity contribution in [3.05, 3.63) is 69.8 Å². The molecule has 0 bridgehead atoms. The molecule has 0 radical (unpaired) electrons. The third kappa shape index (κ3) is 2.96. The fourth-order valence-corrected chi connectivity index (χ4v) is 3.50. The molecule has 0 heterocycles. The van der Waals surface area contributed by atoms with E-state index in [1.807, 2.05) is 64.1 Å². The van der Waals surface area contributed by atoms with E-state index < -0.39 is 17.4 Å². The van der Waals surface area contributed by atoms with E-state index in [-0.39, 0.29) is 11.8 Å². The van der Waals surface area contributed by atoms with Crippen molar-refractivity contribution in [2.75, 3.05) is 0 Å². The topological polar surface area (TPSA) is 43.4 Å². The second-order valence-corrected chi connectivity index (χ2v) is 8.23. The minimum Gasteiger partial charge on any atom is -0.456 e. The summed E-state index contributed by atoms with van der Waals surface area (Å²) < 4.78 is 5.91. The van der Waals surface area contributed by atoms with Crippen LogP contribution in [0.2, 0.25) is 0 Å². The maximum absolute atomic E-state index is 13.2. The van der Waals surface area contributed by atoms with Crippen LogP contribution < -0.4 is 0 Å². The second-order valence-electron chi connectivity index (χ2n) is 8.23. The lowest BCUT2D eigenvalue weighted by molar-refractivity contribution is -0.159. The van der Waals surface area contributed by atoms with Crippen LogP contribution in [-0.2, 0) is 9.53 Å². The van der Waals surface area contributed by atoms with Gasteiger partial charge in [-0.3, -0.25) is 9.59 Å². The van der Waals surface area contributed by atoms with Gasteiger partial charge >= 0.3 is 5.97 Å². The predicted molar refractivity (Wildman–Crippen MR) is 102 cm³/mol. The predicted octanol–water partition coefficient (Wildman–Crippen LogP) is 5.22.